The summed E-state index contributed by atoms with van der Waals surface area (Å²) in [6.07, 6.45) is 0. The number of nitrogens with one attached hydrogen (secondary N) is 1. The smallest absolute Gasteiger partial charge is 0.214 e. The lowest BCUT2D eigenvalue weighted by Crippen LogP contribution is -2.17. The first-order valence-electron chi connectivity index (χ1n) is 8.09. The maximum Gasteiger partial charge on any atom is 0.214 e. The predicted octanol–water partition coefficient (Wildman–Crippen LogP) is 3.27. The molecule has 0 unspecified atom stereocenters. The topological polar surface area (TPSA) is 108 Å². The number of benzene rings is 1. The second-order valence-electron chi connectivity index (χ2n) is 5.00. The molecule has 0 spiro atoms. The molecule has 140 valence electrons. The summed E-state index contributed by atoms with van der Waals surface area (Å²) >= 11 is 0. The number of carbonyl (C=O) groups excluding carboxylic acids is 1. The van der Waals surface area contributed by atoms with E-state index in [9.17, 15) is 4.79 Å². The summed E-state index contributed by atoms with van der Waals surface area (Å²) in [5.74, 6) is 0.872. The highest BCUT2D eigenvalue weighted by Gasteiger charge is 2.20. The second-order valence-corrected chi connectivity index (χ2v) is 5.00. The number of methoxy groups -OCH3 is 3. The van der Waals surface area contributed by atoms with Gasteiger partial charge in [-0.25, -0.2) is 0 Å². The molecule has 7 nitrogen and oxygen atoms in total. The van der Waals surface area contributed by atoms with E-state index in [0.717, 1.165) is 5.56 Å². The third kappa shape index (κ3) is 4.30. The van der Waals surface area contributed by atoms with Crippen LogP contribution in [0, 0.1) is 12.3 Å². The van der Waals surface area contributed by atoms with Crippen molar-refractivity contribution in [2.45, 2.75) is 20.8 Å². The first-order chi connectivity index (χ1) is 12.4. The highest BCUT2D eigenvalue weighted by Crippen LogP contribution is 2.30. The van der Waals surface area contributed by atoms with Crippen molar-refractivity contribution in [3.8, 4) is 17.4 Å². The summed E-state index contributed by atoms with van der Waals surface area (Å²) < 4.78 is 15.5. The predicted molar refractivity (Wildman–Crippen MR) is 102 cm³/mol. The van der Waals surface area contributed by atoms with Crippen LogP contribution in [0.2, 0.25) is 0 Å². The van der Waals surface area contributed by atoms with Crippen molar-refractivity contribution in [2.75, 3.05) is 27.1 Å². The Morgan fingerprint density at radius 2 is 1.58 bits per heavy atom. The van der Waals surface area contributed by atoms with E-state index in [4.69, 9.17) is 25.4 Å². The molecule has 0 saturated heterocycles. The number of rotatable bonds is 6. The molecule has 0 aliphatic heterocycles. The third-order valence-electron chi connectivity index (χ3n) is 3.62. The quantitative estimate of drug-likeness (QED) is 0.605. The molecule has 0 atom stereocenters. The van der Waals surface area contributed by atoms with Gasteiger partial charge < -0.3 is 19.9 Å². The lowest BCUT2D eigenvalue weighted by molar-refractivity contribution is 0.106. The summed E-state index contributed by atoms with van der Waals surface area (Å²) in [5, 5.41) is 8.16. The zero-order valence-corrected chi connectivity index (χ0v) is 16.0. The zero-order valence-electron chi connectivity index (χ0n) is 16.0. The van der Waals surface area contributed by atoms with Gasteiger partial charge in [-0.15, -0.1) is 0 Å². The van der Waals surface area contributed by atoms with Crippen LogP contribution in [0.3, 0.4) is 0 Å². The Labute approximate surface area is 153 Å². The van der Waals surface area contributed by atoms with Crippen molar-refractivity contribution in [1.29, 1.82) is 5.41 Å². The van der Waals surface area contributed by atoms with Gasteiger partial charge in [-0.2, -0.15) is 4.98 Å². The van der Waals surface area contributed by atoms with Crippen molar-refractivity contribution in [1.82, 2.24) is 4.98 Å². The zero-order chi connectivity index (χ0) is 19.9. The van der Waals surface area contributed by atoms with E-state index < -0.39 is 5.78 Å². The van der Waals surface area contributed by atoms with E-state index in [1.165, 1.54) is 27.4 Å². The normalized spacial score (nSPS) is 9.62. The molecular formula is C19H25N3O4. The molecule has 7 heteroatoms. The summed E-state index contributed by atoms with van der Waals surface area (Å²) in [4.78, 5) is 16.6. The summed E-state index contributed by atoms with van der Waals surface area (Å²) in [6, 6.07) is 6.22. The first kappa shape index (κ1) is 21.0. The summed E-state index contributed by atoms with van der Waals surface area (Å²) in [6.45, 7) is 5.82. The number of hydrogen-bond donors (Lipinski definition) is 2. The Bertz CT molecular complexity index is 778. The van der Waals surface area contributed by atoms with E-state index in [-0.39, 0.29) is 22.7 Å². The molecule has 2 rings (SSSR count). The number of hydrogen-bond acceptors (Lipinski definition) is 7. The lowest BCUT2D eigenvalue weighted by Gasteiger charge is -2.13. The largest absolute Gasteiger partial charge is 0.496 e. The van der Waals surface area contributed by atoms with Gasteiger partial charge in [0.1, 0.15) is 23.0 Å². The molecule has 0 radical (unpaired) electrons. The van der Waals surface area contributed by atoms with Gasteiger partial charge in [0, 0.05) is 22.8 Å². The number of anilines is 1. The molecule has 0 aliphatic carbocycles. The minimum absolute atomic E-state index is 0.0544. The van der Waals surface area contributed by atoms with Crippen molar-refractivity contribution in [2.24, 2.45) is 0 Å². The molecule has 3 N–H and O–H groups in total. The van der Waals surface area contributed by atoms with Crippen LogP contribution < -0.4 is 19.9 Å². The van der Waals surface area contributed by atoms with Gasteiger partial charge in [0.25, 0.3) is 0 Å². The van der Waals surface area contributed by atoms with E-state index >= 15 is 0 Å². The molecule has 0 aliphatic rings. The standard InChI is InChI=1S/C17H19N3O4.C2H6/c1-9-12(22-2)7-10(8-13(9)23-3)16(21)15(18)11-5-6-14(24-4)20-17(11)19;1-2/h5-8,18H,1-4H3,(H2,19,20);1-2H3. The fourth-order valence-electron chi connectivity index (χ4n) is 2.27. The molecule has 26 heavy (non-hydrogen) atoms. The molecular weight excluding hydrogens is 334 g/mol. The fourth-order valence-corrected chi connectivity index (χ4v) is 2.27. The second kappa shape index (κ2) is 9.41. The van der Waals surface area contributed by atoms with Crippen LogP contribution in [-0.4, -0.2) is 37.8 Å². The van der Waals surface area contributed by atoms with Crippen molar-refractivity contribution in [3.05, 3.63) is 41.0 Å². The maximum absolute atomic E-state index is 12.6. The van der Waals surface area contributed by atoms with Crippen molar-refractivity contribution in [3.63, 3.8) is 0 Å². The molecule has 1 aromatic carbocycles. The van der Waals surface area contributed by atoms with E-state index in [0.29, 0.717) is 17.4 Å². The molecule has 2 aromatic rings. The molecule has 0 amide bonds. The molecule has 0 saturated carbocycles. The van der Waals surface area contributed by atoms with Crippen molar-refractivity contribution >= 4 is 17.3 Å². The van der Waals surface area contributed by atoms with Gasteiger partial charge in [0.15, 0.2) is 0 Å². The monoisotopic (exact) mass is 359 g/mol. The maximum atomic E-state index is 12.6. The first-order valence-corrected chi connectivity index (χ1v) is 8.09. The van der Waals surface area contributed by atoms with Crippen molar-refractivity contribution < 1.29 is 19.0 Å². The number of ketones is 1. The van der Waals surface area contributed by atoms with Gasteiger partial charge in [-0.3, -0.25) is 10.2 Å². The minimum atomic E-state index is -0.509. The number of aromatic nitrogens is 1. The molecule has 1 heterocycles. The molecule has 0 fully saturated rings. The molecule has 1 aromatic heterocycles. The summed E-state index contributed by atoms with van der Waals surface area (Å²) in [7, 11) is 4.47. The van der Waals surface area contributed by atoms with Crippen LogP contribution >= 0.6 is 0 Å². The number of carbonyl (C=O) groups is 1. The highest BCUT2D eigenvalue weighted by atomic mass is 16.5. The van der Waals surface area contributed by atoms with Gasteiger partial charge in [-0.1, -0.05) is 13.8 Å². The van der Waals surface area contributed by atoms with Gasteiger partial charge >= 0.3 is 0 Å². The Balaban J connectivity index is 0.00000163. The fraction of sp³-hybridized carbons (Fsp3) is 0.316. The number of Topliss-reactive ketones (excluding diaryl/α,β-unsaturated/α-hetero) is 1. The van der Waals surface area contributed by atoms with Gasteiger partial charge in [-0.05, 0) is 25.1 Å². The number of nitrogens with zero attached hydrogens (tertiary/aromatic N) is 1. The Hall–Kier alpha value is -3.09. The number of nitrogens with two attached hydrogens (primary N) is 1. The minimum Gasteiger partial charge on any atom is -0.496 e. The Morgan fingerprint density at radius 3 is 2.00 bits per heavy atom. The van der Waals surface area contributed by atoms with E-state index in [2.05, 4.69) is 4.98 Å². The molecule has 0 bridgehead atoms. The number of ether oxygens (including phenoxy) is 3. The van der Waals surface area contributed by atoms with Crippen LogP contribution in [0.15, 0.2) is 24.3 Å². The van der Waals surface area contributed by atoms with Crippen LogP contribution in [0.5, 0.6) is 17.4 Å². The lowest BCUT2D eigenvalue weighted by atomic mass is 9.99. The average molecular weight is 359 g/mol. The van der Waals surface area contributed by atoms with E-state index in [1.807, 2.05) is 20.8 Å². The SMILES string of the molecule is CC.COc1ccc(C(=N)C(=O)c2cc(OC)c(C)c(OC)c2)c(N)n1. The average Bonchev–Trinajstić information content (AvgIpc) is 2.68. The highest BCUT2D eigenvalue weighted by molar-refractivity contribution is 6.51. The third-order valence-corrected chi connectivity index (χ3v) is 3.62. The van der Waals surface area contributed by atoms with Crippen LogP contribution in [-0.2, 0) is 0 Å². The van der Waals surface area contributed by atoms with Gasteiger partial charge in [0.2, 0.25) is 11.7 Å². The Morgan fingerprint density at radius 1 is 1.04 bits per heavy atom. The number of nitrogen functional groups attached to an aromatic ring is 1. The number of pyridine rings is 1. The Kier molecular flexibility index (Phi) is 7.58. The summed E-state index contributed by atoms with van der Waals surface area (Å²) in [5.41, 5.74) is 6.83. The van der Waals surface area contributed by atoms with Gasteiger partial charge in [0.05, 0.1) is 21.3 Å². The van der Waals surface area contributed by atoms with Crippen LogP contribution in [0.25, 0.3) is 0 Å². The van der Waals surface area contributed by atoms with E-state index in [1.54, 1.807) is 18.2 Å². The van der Waals surface area contributed by atoms with Crippen LogP contribution in [0.1, 0.15) is 35.3 Å². The van der Waals surface area contributed by atoms with Crippen LogP contribution in [0.4, 0.5) is 5.82 Å².